The Labute approximate surface area is 134 Å². The van der Waals surface area contributed by atoms with Crippen LogP contribution < -0.4 is 10.6 Å². The SMILES string of the molecule is O=C(NCCc1c(Cl)cccc1Cl)NC1CCC(O)CC1. The van der Waals surface area contributed by atoms with Crippen molar-refractivity contribution in [2.45, 2.75) is 44.2 Å². The maximum absolute atomic E-state index is 11.8. The summed E-state index contributed by atoms with van der Waals surface area (Å²) in [6.07, 6.45) is 3.53. The van der Waals surface area contributed by atoms with Gasteiger partial charge in [0.1, 0.15) is 0 Å². The van der Waals surface area contributed by atoms with Crippen LogP contribution in [0.15, 0.2) is 18.2 Å². The Morgan fingerprint density at radius 3 is 2.43 bits per heavy atom. The number of urea groups is 1. The van der Waals surface area contributed by atoms with E-state index in [1.165, 1.54) is 0 Å². The standard InChI is InChI=1S/C15H20Cl2N2O2/c16-13-2-1-3-14(17)12(13)8-9-18-15(21)19-10-4-6-11(20)7-5-10/h1-3,10-11,20H,4-9H2,(H2,18,19,21). The molecule has 1 aromatic carbocycles. The Hall–Kier alpha value is -0.970. The average Bonchev–Trinajstić information content (AvgIpc) is 2.45. The summed E-state index contributed by atoms with van der Waals surface area (Å²) in [7, 11) is 0. The summed E-state index contributed by atoms with van der Waals surface area (Å²) in [6, 6.07) is 5.34. The van der Waals surface area contributed by atoms with Gasteiger partial charge in [0, 0.05) is 22.6 Å². The van der Waals surface area contributed by atoms with Crippen molar-refractivity contribution in [1.82, 2.24) is 10.6 Å². The molecule has 1 aliphatic rings. The summed E-state index contributed by atoms with van der Waals surface area (Å²) in [5.41, 5.74) is 0.849. The van der Waals surface area contributed by atoms with E-state index in [2.05, 4.69) is 10.6 Å². The monoisotopic (exact) mass is 330 g/mol. The fourth-order valence-corrected chi connectivity index (χ4v) is 3.12. The van der Waals surface area contributed by atoms with Gasteiger partial charge in [-0.2, -0.15) is 0 Å². The Kier molecular flexibility index (Phi) is 6.15. The smallest absolute Gasteiger partial charge is 0.315 e. The maximum Gasteiger partial charge on any atom is 0.315 e. The van der Waals surface area contributed by atoms with Crippen molar-refractivity contribution >= 4 is 29.2 Å². The summed E-state index contributed by atoms with van der Waals surface area (Å²) in [6.45, 7) is 0.477. The third kappa shape index (κ3) is 5.06. The fraction of sp³-hybridized carbons (Fsp3) is 0.533. The van der Waals surface area contributed by atoms with Crippen LogP contribution in [-0.4, -0.2) is 29.8 Å². The molecule has 4 nitrogen and oxygen atoms in total. The van der Waals surface area contributed by atoms with Gasteiger partial charge in [-0.05, 0) is 49.8 Å². The molecule has 0 spiro atoms. The van der Waals surface area contributed by atoms with Crippen molar-refractivity contribution in [1.29, 1.82) is 0 Å². The van der Waals surface area contributed by atoms with Gasteiger partial charge in [-0.15, -0.1) is 0 Å². The minimum Gasteiger partial charge on any atom is -0.393 e. The fourth-order valence-electron chi connectivity index (χ4n) is 2.53. The number of hydrogen-bond acceptors (Lipinski definition) is 2. The van der Waals surface area contributed by atoms with E-state index in [0.717, 1.165) is 31.2 Å². The van der Waals surface area contributed by atoms with E-state index in [9.17, 15) is 9.90 Å². The number of carbonyl (C=O) groups is 1. The van der Waals surface area contributed by atoms with Gasteiger partial charge in [0.2, 0.25) is 0 Å². The lowest BCUT2D eigenvalue weighted by Gasteiger charge is -2.26. The molecule has 2 amide bonds. The molecular weight excluding hydrogens is 311 g/mol. The number of aliphatic hydroxyl groups excluding tert-OH is 1. The van der Waals surface area contributed by atoms with Crippen LogP contribution in [0.2, 0.25) is 10.0 Å². The largest absolute Gasteiger partial charge is 0.393 e. The normalized spacial score (nSPS) is 21.9. The third-order valence-electron chi connectivity index (χ3n) is 3.75. The van der Waals surface area contributed by atoms with Crippen molar-refractivity contribution in [2.24, 2.45) is 0 Å². The number of aliphatic hydroxyl groups is 1. The molecule has 3 N–H and O–H groups in total. The lowest BCUT2D eigenvalue weighted by atomic mass is 9.93. The highest BCUT2D eigenvalue weighted by Gasteiger charge is 2.20. The summed E-state index contributed by atoms with van der Waals surface area (Å²) >= 11 is 12.2. The molecule has 0 unspecified atom stereocenters. The zero-order chi connectivity index (χ0) is 15.2. The zero-order valence-electron chi connectivity index (χ0n) is 11.7. The quantitative estimate of drug-likeness (QED) is 0.794. The summed E-state index contributed by atoms with van der Waals surface area (Å²) in [5.74, 6) is 0. The number of hydrogen-bond donors (Lipinski definition) is 3. The highest BCUT2D eigenvalue weighted by Crippen LogP contribution is 2.24. The zero-order valence-corrected chi connectivity index (χ0v) is 13.3. The number of carbonyl (C=O) groups excluding carboxylic acids is 1. The van der Waals surface area contributed by atoms with E-state index in [0.29, 0.717) is 23.0 Å². The predicted molar refractivity (Wildman–Crippen MR) is 85.0 cm³/mol. The molecule has 1 aromatic rings. The Bertz CT molecular complexity index is 468. The van der Waals surface area contributed by atoms with Crippen molar-refractivity contribution in [3.05, 3.63) is 33.8 Å². The van der Waals surface area contributed by atoms with Gasteiger partial charge in [0.15, 0.2) is 0 Å². The van der Waals surface area contributed by atoms with E-state index in [1.807, 2.05) is 0 Å². The van der Waals surface area contributed by atoms with Gasteiger partial charge in [-0.3, -0.25) is 0 Å². The van der Waals surface area contributed by atoms with Gasteiger partial charge < -0.3 is 15.7 Å². The summed E-state index contributed by atoms with van der Waals surface area (Å²) in [5, 5.41) is 16.4. The van der Waals surface area contributed by atoms with E-state index in [1.54, 1.807) is 18.2 Å². The number of rotatable bonds is 4. The van der Waals surface area contributed by atoms with Crippen LogP contribution in [0, 0.1) is 0 Å². The Morgan fingerprint density at radius 2 is 1.81 bits per heavy atom. The number of halogens is 2. The summed E-state index contributed by atoms with van der Waals surface area (Å²) < 4.78 is 0. The number of nitrogens with one attached hydrogen (secondary N) is 2. The minimum atomic E-state index is -0.214. The molecule has 0 aromatic heterocycles. The molecular formula is C15H20Cl2N2O2. The molecule has 6 heteroatoms. The van der Waals surface area contributed by atoms with Gasteiger partial charge in [-0.1, -0.05) is 29.3 Å². The van der Waals surface area contributed by atoms with E-state index < -0.39 is 0 Å². The van der Waals surface area contributed by atoms with Crippen molar-refractivity contribution in [2.75, 3.05) is 6.54 Å². The van der Waals surface area contributed by atoms with Crippen LogP contribution in [0.25, 0.3) is 0 Å². The maximum atomic E-state index is 11.8. The minimum absolute atomic E-state index is 0.150. The van der Waals surface area contributed by atoms with Crippen molar-refractivity contribution in [3.63, 3.8) is 0 Å². The van der Waals surface area contributed by atoms with Gasteiger partial charge in [0.25, 0.3) is 0 Å². The van der Waals surface area contributed by atoms with Gasteiger partial charge in [-0.25, -0.2) is 4.79 Å². The van der Waals surface area contributed by atoms with Crippen LogP contribution in [0.4, 0.5) is 4.79 Å². The molecule has 2 rings (SSSR count). The molecule has 0 heterocycles. The Balaban J connectivity index is 1.72. The van der Waals surface area contributed by atoms with E-state index in [4.69, 9.17) is 23.2 Å². The van der Waals surface area contributed by atoms with Gasteiger partial charge >= 0.3 is 6.03 Å². The van der Waals surface area contributed by atoms with E-state index in [-0.39, 0.29) is 18.2 Å². The van der Waals surface area contributed by atoms with Crippen LogP contribution in [0.1, 0.15) is 31.2 Å². The highest BCUT2D eigenvalue weighted by molar-refractivity contribution is 6.35. The average molecular weight is 331 g/mol. The highest BCUT2D eigenvalue weighted by atomic mass is 35.5. The second-order valence-corrected chi connectivity index (χ2v) is 6.17. The molecule has 1 aliphatic carbocycles. The molecule has 0 bridgehead atoms. The first-order valence-electron chi connectivity index (χ1n) is 7.21. The lowest BCUT2D eigenvalue weighted by Crippen LogP contribution is -2.44. The first-order valence-corrected chi connectivity index (χ1v) is 7.97. The van der Waals surface area contributed by atoms with Gasteiger partial charge in [0.05, 0.1) is 6.10 Å². The van der Waals surface area contributed by atoms with E-state index >= 15 is 0 Å². The first kappa shape index (κ1) is 16.4. The molecule has 0 aliphatic heterocycles. The number of amides is 2. The second kappa shape index (κ2) is 7.87. The third-order valence-corrected chi connectivity index (χ3v) is 4.46. The van der Waals surface area contributed by atoms with Crippen LogP contribution >= 0.6 is 23.2 Å². The molecule has 0 radical (unpaired) electrons. The first-order chi connectivity index (χ1) is 10.1. The lowest BCUT2D eigenvalue weighted by molar-refractivity contribution is 0.117. The van der Waals surface area contributed by atoms with Crippen molar-refractivity contribution in [3.8, 4) is 0 Å². The molecule has 0 atom stereocenters. The molecule has 21 heavy (non-hydrogen) atoms. The molecule has 0 saturated heterocycles. The van der Waals surface area contributed by atoms with Crippen LogP contribution in [0.3, 0.4) is 0 Å². The second-order valence-electron chi connectivity index (χ2n) is 5.36. The van der Waals surface area contributed by atoms with Crippen LogP contribution in [0.5, 0.6) is 0 Å². The van der Waals surface area contributed by atoms with Crippen LogP contribution in [-0.2, 0) is 6.42 Å². The molecule has 1 fully saturated rings. The predicted octanol–water partition coefficient (Wildman–Crippen LogP) is 3.14. The topological polar surface area (TPSA) is 61.4 Å². The summed E-state index contributed by atoms with van der Waals surface area (Å²) in [4.78, 5) is 11.8. The van der Waals surface area contributed by atoms with Crippen molar-refractivity contribution < 1.29 is 9.90 Å². The molecule has 1 saturated carbocycles. The Morgan fingerprint density at radius 1 is 1.19 bits per heavy atom. The molecule has 116 valence electrons. The number of benzene rings is 1.